The molecule has 0 saturated heterocycles. The molecule has 0 aromatic heterocycles. The first-order chi connectivity index (χ1) is 8.51. The van der Waals surface area contributed by atoms with Gasteiger partial charge in [-0.1, -0.05) is 54.6 Å². The minimum atomic E-state index is -0.408. The van der Waals surface area contributed by atoms with Crippen molar-refractivity contribution < 1.29 is 4.79 Å². The van der Waals surface area contributed by atoms with Crippen molar-refractivity contribution in [3.8, 4) is 11.1 Å². The Bertz CT molecular complexity index is 536. The molecule has 2 rings (SSSR count). The molecular formula is C17H18O. The zero-order valence-electron chi connectivity index (χ0n) is 11.1. The average Bonchev–Trinajstić information content (AvgIpc) is 2.40. The Kier molecular flexibility index (Phi) is 3.33. The van der Waals surface area contributed by atoms with E-state index in [9.17, 15) is 4.79 Å². The number of benzene rings is 2. The van der Waals surface area contributed by atoms with Crippen molar-refractivity contribution in [2.45, 2.75) is 26.2 Å². The highest BCUT2D eigenvalue weighted by molar-refractivity contribution is 5.87. The van der Waals surface area contributed by atoms with Gasteiger partial charge >= 0.3 is 0 Å². The molecule has 0 spiro atoms. The minimum absolute atomic E-state index is 0.190. The number of hydrogen-bond acceptors (Lipinski definition) is 1. The Balaban J connectivity index is 2.35. The number of carbonyl (C=O) groups is 1. The maximum atomic E-state index is 11.6. The van der Waals surface area contributed by atoms with Gasteiger partial charge in [-0.15, -0.1) is 0 Å². The molecule has 1 nitrogen and oxygen atoms in total. The molecule has 92 valence electrons. The van der Waals surface area contributed by atoms with Gasteiger partial charge in [-0.25, -0.2) is 0 Å². The lowest BCUT2D eigenvalue weighted by atomic mass is 9.81. The topological polar surface area (TPSA) is 17.1 Å². The average molecular weight is 238 g/mol. The Morgan fingerprint density at radius 3 is 1.83 bits per heavy atom. The summed E-state index contributed by atoms with van der Waals surface area (Å²) in [6, 6.07) is 18.5. The second kappa shape index (κ2) is 4.77. The fraction of sp³-hybridized carbons (Fsp3) is 0.235. The molecule has 0 saturated carbocycles. The molecule has 0 unspecified atom stereocenters. The second-order valence-corrected chi connectivity index (χ2v) is 5.12. The lowest BCUT2D eigenvalue weighted by molar-refractivity contribution is -0.121. The zero-order chi connectivity index (χ0) is 13.2. The van der Waals surface area contributed by atoms with Gasteiger partial charge in [0, 0.05) is 5.41 Å². The Hall–Kier alpha value is -1.89. The maximum absolute atomic E-state index is 11.6. The number of hydrogen-bond donors (Lipinski definition) is 0. The van der Waals surface area contributed by atoms with E-state index in [1.165, 1.54) is 11.1 Å². The van der Waals surface area contributed by atoms with Crippen molar-refractivity contribution >= 4 is 5.78 Å². The maximum Gasteiger partial charge on any atom is 0.139 e. The predicted octanol–water partition coefficient (Wildman–Crippen LogP) is 4.22. The quantitative estimate of drug-likeness (QED) is 0.782. The van der Waals surface area contributed by atoms with E-state index in [4.69, 9.17) is 0 Å². The van der Waals surface area contributed by atoms with Crippen molar-refractivity contribution in [1.82, 2.24) is 0 Å². The van der Waals surface area contributed by atoms with Crippen LogP contribution in [0.15, 0.2) is 54.6 Å². The third-order valence-electron chi connectivity index (χ3n) is 3.59. The van der Waals surface area contributed by atoms with Crippen molar-refractivity contribution in [2.75, 3.05) is 0 Å². The molecule has 2 aromatic carbocycles. The van der Waals surface area contributed by atoms with Crippen LogP contribution in [0.4, 0.5) is 0 Å². The van der Waals surface area contributed by atoms with Crippen LogP contribution >= 0.6 is 0 Å². The van der Waals surface area contributed by atoms with Gasteiger partial charge in [0.25, 0.3) is 0 Å². The van der Waals surface area contributed by atoms with E-state index in [1.807, 2.05) is 44.2 Å². The van der Waals surface area contributed by atoms with Crippen LogP contribution in [0, 0.1) is 0 Å². The third-order valence-corrected chi connectivity index (χ3v) is 3.59. The van der Waals surface area contributed by atoms with Crippen LogP contribution in [-0.2, 0) is 10.2 Å². The summed E-state index contributed by atoms with van der Waals surface area (Å²) in [4.78, 5) is 11.6. The SMILES string of the molecule is CC(=O)C(C)(C)c1ccc(-c2ccccc2)cc1. The standard InChI is InChI=1S/C17H18O/c1-13(18)17(2,3)16-11-9-15(10-12-16)14-7-5-4-6-8-14/h4-12H,1-3H3. The Morgan fingerprint density at radius 2 is 1.33 bits per heavy atom. The first-order valence-corrected chi connectivity index (χ1v) is 6.19. The molecule has 0 radical (unpaired) electrons. The van der Waals surface area contributed by atoms with Crippen LogP contribution in [0.1, 0.15) is 26.3 Å². The molecular weight excluding hydrogens is 220 g/mol. The molecule has 18 heavy (non-hydrogen) atoms. The largest absolute Gasteiger partial charge is 0.299 e. The van der Waals surface area contributed by atoms with Gasteiger partial charge in [-0.2, -0.15) is 0 Å². The van der Waals surface area contributed by atoms with Gasteiger partial charge in [0.05, 0.1) is 0 Å². The summed E-state index contributed by atoms with van der Waals surface area (Å²) in [7, 11) is 0. The molecule has 0 heterocycles. The highest BCUT2D eigenvalue weighted by atomic mass is 16.1. The fourth-order valence-electron chi connectivity index (χ4n) is 1.91. The summed E-state index contributed by atoms with van der Waals surface area (Å²) in [6.45, 7) is 5.57. The fourth-order valence-corrected chi connectivity index (χ4v) is 1.91. The third kappa shape index (κ3) is 2.35. The van der Waals surface area contributed by atoms with E-state index in [1.54, 1.807) is 6.92 Å². The summed E-state index contributed by atoms with van der Waals surface area (Å²) in [5, 5.41) is 0. The Morgan fingerprint density at radius 1 is 0.833 bits per heavy atom. The number of carbonyl (C=O) groups excluding carboxylic acids is 1. The van der Waals surface area contributed by atoms with Gasteiger partial charge in [0.2, 0.25) is 0 Å². The first-order valence-electron chi connectivity index (χ1n) is 6.19. The molecule has 0 amide bonds. The van der Waals surface area contributed by atoms with Crippen molar-refractivity contribution in [3.05, 3.63) is 60.2 Å². The van der Waals surface area contributed by atoms with Gasteiger partial charge in [-0.05, 0) is 37.5 Å². The van der Waals surface area contributed by atoms with Crippen LogP contribution in [0.5, 0.6) is 0 Å². The zero-order valence-corrected chi connectivity index (χ0v) is 11.1. The molecule has 0 bridgehead atoms. The van der Waals surface area contributed by atoms with Crippen LogP contribution < -0.4 is 0 Å². The molecule has 0 atom stereocenters. The predicted molar refractivity (Wildman–Crippen MR) is 75.6 cm³/mol. The summed E-state index contributed by atoms with van der Waals surface area (Å²) in [5.74, 6) is 0.190. The van der Waals surface area contributed by atoms with Crippen LogP contribution in [0.2, 0.25) is 0 Å². The lowest BCUT2D eigenvalue weighted by Gasteiger charge is -2.21. The minimum Gasteiger partial charge on any atom is -0.299 e. The van der Waals surface area contributed by atoms with E-state index in [0.717, 1.165) is 5.56 Å². The van der Waals surface area contributed by atoms with Crippen molar-refractivity contribution in [3.63, 3.8) is 0 Å². The van der Waals surface area contributed by atoms with Crippen molar-refractivity contribution in [2.24, 2.45) is 0 Å². The van der Waals surface area contributed by atoms with E-state index < -0.39 is 5.41 Å². The highest BCUT2D eigenvalue weighted by Crippen LogP contribution is 2.27. The van der Waals surface area contributed by atoms with Gasteiger partial charge < -0.3 is 0 Å². The number of Topliss-reactive ketones (excluding diaryl/α,β-unsaturated/α-hetero) is 1. The molecule has 0 aliphatic carbocycles. The molecule has 0 aliphatic heterocycles. The van der Waals surface area contributed by atoms with E-state index in [0.29, 0.717) is 0 Å². The summed E-state index contributed by atoms with van der Waals surface area (Å²) in [6.07, 6.45) is 0. The number of ketones is 1. The van der Waals surface area contributed by atoms with Gasteiger partial charge in [-0.3, -0.25) is 4.79 Å². The molecule has 1 heteroatoms. The van der Waals surface area contributed by atoms with E-state index >= 15 is 0 Å². The number of rotatable bonds is 3. The lowest BCUT2D eigenvalue weighted by Crippen LogP contribution is -2.26. The second-order valence-electron chi connectivity index (χ2n) is 5.12. The van der Waals surface area contributed by atoms with E-state index in [-0.39, 0.29) is 5.78 Å². The van der Waals surface area contributed by atoms with Gasteiger partial charge in [0.1, 0.15) is 5.78 Å². The Labute approximate surface area is 108 Å². The molecule has 2 aromatic rings. The summed E-state index contributed by atoms with van der Waals surface area (Å²) >= 11 is 0. The molecule has 0 N–H and O–H groups in total. The molecule has 0 fully saturated rings. The van der Waals surface area contributed by atoms with Crippen molar-refractivity contribution in [1.29, 1.82) is 0 Å². The normalized spacial score (nSPS) is 11.3. The van der Waals surface area contributed by atoms with E-state index in [2.05, 4.69) is 24.3 Å². The summed E-state index contributed by atoms with van der Waals surface area (Å²) in [5.41, 5.74) is 3.04. The highest BCUT2D eigenvalue weighted by Gasteiger charge is 2.25. The molecule has 0 aliphatic rings. The monoisotopic (exact) mass is 238 g/mol. The first kappa shape index (κ1) is 12.6. The summed E-state index contributed by atoms with van der Waals surface area (Å²) < 4.78 is 0. The smallest absolute Gasteiger partial charge is 0.139 e. The van der Waals surface area contributed by atoms with Crippen LogP contribution in [0.25, 0.3) is 11.1 Å². The van der Waals surface area contributed by atoms with Crippen LogP contribution in [0.3, 0.4) is 0 Å². The van der Waals surface area contributed by atoms with Crippen LogP contribution in [-0.4, -0.2) is 5.78 Å². The van der Waals surface area contributed by atoms with Gasteiger partial charge in [0.15, 0.2) is 0 Å².